The molecular weight excluding hydrogens is 258 g/mol. The lowest BCUT2D eigenvalue weighted by Crippen LogP contribution is -2.26. The molecule has 1 heterocycles. The zero-order chi connectivity index (χ0) is 14.5. The van der Waals surface area contributed by atoms with Gasteiger partial charge in [0.05, 0.1) is 11.7 Å². The molecule has 5 nitrogen and oxygen atoms in total. The predicted molar refractivity (Wildman–Crippen MR) is 74.6 cm³/mol. The molecule has 5 heteroatoms. The van der Waals surface area contributed by atoms with Gasteiger partial charge in [0.25, 0.3) is 5.91 Å². The van der Waals surface area contributed by atoms with Gasteiger partial charge in [0, 0.05) is 12.3 Å². The Kier molecular flexibility index (Phi) is 4.74. The zero-order valence-corrected chi connectivity index (χ0v) is 11.7. The van der Waals surface area contributed by atoms with Gasteiger partial charge in [-0.15, -0.1) is 0 Å². The maximum atomic E-state index is 11.9. The average molecular weight is 277 g/mol. The van der Waals surface area contributed by atoms with E-state index >= 15 is 0 Å². The summed E-state index contributed by atoms with van der Waals surface area (Å²) >= 11 is 0. The van der Waals surface area contributed by atoms with Crippen LogP contribution in [0.15, 0.2) is 24.3 Å². The third kappa shape index (κ3) is 3.81. The van der Waals surface area contributed by atoms with Crippen LogP contribution in [0.5, 0.6) is 0 Å². The first-order valence-corrected chi connectivity index (χ1v) is 6.80. The Balaban J connectivity index is 1.94. The van der Waals surface area contributed by atoms with E-state index in [9.17, 15) is 9.59 Å². The largest absolute Gasteiger partial charge is 0.459 e. The molecule has 1 aliphatic rings. The summed E-state index contributed by atoms with van der Waals surface area (Å²) in [5.74, 6) is -0.503. The van der Waals surface area contributed by atoms with Crippen LogP contribution in [0.1, 0.15) is 37.0 Å². The fourth-order valence-electron chi connectivity index (χ4n) is 1.98. The number of esters is 1. The minimum absolute atomic E-state index is 0.139. The third-order valence-electron chi connectivity index (χ3n) is 2.95. The molecule has 20 heavy (non-hydrogen) atoms. The molecule has 2 rings (SSSR count). The van der Waals surface area contributed by atoms with Gasteiger partial charge in [0.2, 0.25) is 0 Å². The van der Waals surface area contributed by atoms with Crippen molar-refractivity contribution >= 4 is 17.6 Å². The van der Waals surface area contributed by atoms with Crippen LogP contribution in [0, 0.1) is 0 Å². The van der Waals surface area contributed by atoms with Crippen molar-refractivity contribution in [2.45, 2.75) is 38.9 Å². The Morgan fingerprint density at radius 3 is 2.55 bits per heavy atom. The van der Waals surface area contributed by atoms with Crippen molar-refractivity contribution in [3.05, 3.63) is 29.8 Å². The predicted octanol–water partition coefficient (Wildman–Crippen LogP) is 2.37. The summed E-state index contributed by atoms with van der Waals surface area (Å²) in [6, 6.07) is 6.64. The fraction of sp³-hybridized carbons (Fsp3) is 0.467. The molecule has 0 spiro atoms. The number of nitrogens with one attached hydrogen (secondary N) is 1. The van der Waals surface area contributed by atoms with Crippen molar-refractivity contribution in [3.8, 4) is 0 Å². The van der Waals surface area contributed by atoms with E-state index in [1.54, 1.807) is 38.1 Å². The number of hydrogen-bond donors (Lipinski definition) is 1. The summed E-state index contributed by atoms with van der Waals surface area (Å²) in [6.45, 7) is 4.24. The lowest BCUT2D eigenvalue weighted by Gasteiger charge is -2.11. The second-order valence-corrected chi connectivity index (χ2v) is 5.02. The van der Waals surface area contributed by atoms with Crippen molar-refractivity contribution in [1.82, 2.24) is 0 Å². The fourth-order valence-corrected chi connectivity index (χ4v) is 1.98. The maximum absolute atomic E-state index is 11.9. The number of ether oxygens (including phenoxy) is 2. The van der Waals surface area contributed by atoms with Crippen LogP contribution in [0.4, 0.5) is 5.69 Å². The van der Waals surface area contributed by atoms with Crippen LogP contribution in [0.3, 0.4) is 0 Å². The monoisotopic (exact) mass is 277 g/mol. The van der Waals surface area contributed by atoms with E-state index in [1.807, 2.05) is 0 Å². The van der Waals surface area contributed by atoms with Crippen LogP contribution in [0.25, 0.3) is 0 Å². The van der Waals surface area contributed by atoms with E-state index in [0.717, 1.165) is 12.8 Å². The van der Waals surface area contributed by atoms with Gasteiger partial charge in [-0.05, 0) is 51.0 Å². The Morgan fingerprint density at radius 2 is 2.00 bits per heavy atom. The smallest absolute Gasteiger partial charge is 0.338 e. The van der Waals surface area contributed by atoms with Gasteiger partial charge in [-0.2, -0.15) is 0 Å². The van der Waals surface area contributed by atoms with E-state index in [2.05, 4.69) is 5.32 Å². The zero-order valence-electron chi connectivity index (χ0n) is 11.7. The number of rotatable bonds is 4. The van der Waals surface area contributed by atoms with Crippen LogP contribution >= 0.6 is 0 Å². The average Bonchev–Trinajstić information content (AvgIpc) is 2.92. The van der Waals surface area contributed by atoms with Crippen LogP contribution in [-0.2, 0) is 14.3 Å². The summed E-state index contributed by atoms with van der Waals surface area (Å²) in [6.07, 6.45) is 1.16. The van der Waals surface area contributed by atoms with Crippen molar-refractivity contribution in [2.24, 2.45) is 0 Å². The molecule has 108 valence electrons. The minimum Gasteiger partial charge on any atom is -0.459 e. The molecule has 0 radical (unpaired) electrons. The number of hydrogen-bond acceptors (Lipinski definition) is 4. The number of amides is 1. The Hall–Kier alpha value is -1.88. The number of benzene rings is 1. The molecule has 1 fully saturated rings. The van der Waals surface area contributed by atoms with Crippen molar-refractivity contribution < 1.29 is 19.1 Å². The third-order valence-corrected chi connectivity index (χ3v) is 2.95. The molecule has 1 unspecified atom stereocenters. The molecule has 0 saturated carbocycles. The first-order chi connectivity index (χ1) is 9.56. The van der Waals surface area contributed by atoms with Gasteiger partial charge < -0.3 is 14.8 Å². The molecule has 0 aliphatic carbocycles. The summed E-state index contributed by atoms with van der Waals surface area (Å²) in [4.78, 5) is 23.5. The lowest BCUT2D eigenvalue weighted by molar-refractivity contribution is -0.124. The van der Waals surface area contributed by atoms with Gasteiger partial charge in [-0.1, -0.05) is 0 Å². The summed E-state index contributed by atoms with van der Waals surface area (Å²) in [5.41, 5.74) is 1.11. The second-order valence-electron chi connectivity index (χ2n) is 5.02. The molecule has 1 atom stereocenters. The number of carbonyl (C=O) groups is 2. The molecular formula is C15H19NO4. The second kappa shape index (κ2) is 6.52. The van der Waals surface area contributed by atoms with E-state index in [4.69, 9.17) is 9.47 Å². The van der Waals surface area contributed by atoms with Crippen LogP contribution in [-0.4, -0.2) is 30.7 Å². The number of anilines is 1. The first kappa shape index (κ1) is 14.5. The Bertz CT molecular complexity index is 475. The highest BCUT2D eigenvalue weighted by Crippen LogP contribution is 2.16. The minimum atomic E-state index is -0.364. The lowest BCUT2D eigenvalue weighted by atomic mass is 10.2. The van der Waals surface area contributed by atoms with Crippen molar-refractivity contribution in [2.75, 3.05) is 11.9 Å². The Labute approximate surface area is 118 Å². The normalized spacial score (nSPS) is 18.1. The van der Waals surface area contributed by atoms with Crippen LogP contribution < -0.4 is 5.32 Å². The first-order valence-electron chi connectivity index (χ1n) is 6.80. The quantitative estimate of drug-likeness (QED) is 0.858. The summed E-state index contributed by atoms with van der Waals surface area (Å²) in [5, 5.41) is 2.77. The van der Waals surface area contributed by atoms with Crippen molar-refractivity contribution in [3.63, 3.8) is 0 Å². The van der Waals surface area contributed by atoms with Crippen LogP contribution in [0.2, 0.25) is 0 Å². The molecule has 0 aromatic heterocycles. The molecule has 1 aliphatic heterocycles. The summed E-state index contributed by atoms with van der Waals surface area (Å²) < 4.78 is 10.4. The molecule has 0 bridgehead atoms. The van der Waals surface area contributed by atoms with E-state index in [1.165, 1.54) is 0 Å². The molecule has 1 aromatic rings. The Morgan fingerprint density at radius 1 is 1.30 bits per heavy atom. The SMILES string of the molecule is CC(C)OC(=O)c1ccc(NC(=O)C2CCCO2)cc1. The standard InChI is InChI=1S/C15H19NO4/c1-10(2)20-15(18)11-5-7-12(8-6-11)16-14(17)13-4-3-9-19-13/h5-8,10,13H,3-4,9H2,1-2H3,(H,16,17). The van der Waals surface area contributed by atoms with E-state index < -0.39 is 0 Å². The van der Waals surface area contributed by atoms with Crippen molar-refractivity contribution in [1.29, 1.82) is 0 Å². The molecule has 1 saturated heterocycles. The highest BCUT2D eigenvalue weighted by atomic mass is 16.5. The maximum Gasteiger partial charge on any atom is 0.338 e. The van der Waals surface area contributed by atoms with Gasteiger partial charge in [-0.3, -0.25) is 4.79 Å². The van der Waals surface area contributed by atoms with Gasteiger partial charge >= 0.3 is 5.97 Å². The van der Waals surface area contributed by atoms with E-state index in [-0.39, 0.29) is 24.1 Å². The van der Waals surface area contributed by atoms with Gasteiger partial charge in [-0.25, -0.2) is 4.79 Å². The summed E-state index contributed by atoms with van der Waals surface area (Å²) in [7, 11) is 0. The number of carbonyl (C=O) groups excluding carboxylic acids is 2. The molecule has 1 N–H and O–H groups in total. The van der Waals surface area contributed by atoms with Gasteiger partial charge in [0.1, 0.15) is 6.10 Å². The highest BCUT2D eigenvalue weighted by Gasteiger charge is 2.23. The molecule has 1 aromatic carbocycles. The van der Waals surface area contributed by atoms with Gasteiger partial charge in [0.15, 0.2) is 0 Å². The van der Waals surface area contributed by atoms with E-state index in [0.29, 0.717) is 17.9 Å². The topological polar surface area (TPSA) is 64.6 Å². The molecule has 1 amide bonds. The highest BCUT2D eigenvalue weighted by molar-refractivity contribution is 5.95.